The van der Waals surface area contributed by atoms with E-state index in [9.17, 15) is 14.4 Å². The molecular formula is C37H46ClN3O6Si. The molecule has 0 saturated heterocycles. The highest BCUT2D eigenvalue weighted by Gasteiger charge is 2.51. The van der Waals surface area contributed by atoms with Crippen molar-refractivity contribution in [3.05, 3.63) is 95.6 Å². The van der Waals surface area contributed by atoms with E-state index in [0.717, 1.165) is 21.3 Å². The van der Waals surface area contributed by atoms with Crippen molar-refractivity contribution in [2.24, 2.45) is 0 Å². The van der Waals surface area contributed by atoms with Gasteiger partial charge in [0.1, 0.15) is 11.3 Å². The largest absolute Gasteiger partial charge is 0.466 e. The fourth-order valence-electron chi connectivity index (χ4n) is 5.86. The number of esters is 1. The first-order valence-electron chi connectivity index (χ1n) is 16.1. The van der Waals surface area contributed by atoms with Crippen molar-refractivity contribution in [1.29, 1.82) is 0 Å². The molecule has 0 saturated carbocycles. The first-order valence-corrected chi connectivity index (χ1v) is 18.4. The van der Waals surface area contributed by atoms with E-state index in [0.29, 0.717) is 5.02 Å². The van der Waals surface area contributed by atoms with Crippen molar-refractivity contribution in [2.45, 2.75) is 77.6 Å². The van der Waals surface area contributed by atoms with Crippen molar-refractivity contribution >= 4 is 59.2 Å². The topological polar surface area (TPSA) is 119 Å². The van der Waals surface area contributed by atoms with Gasteiger partial charge in [0, 0.05) is 15.9 Å². The van der Waals surface area contributed by atoms with E-state index in [1.54, 1.807) is 52.0 Å². The number of aromatic amines is 1. The Morgan fingerprint density at radius 3 is 1.98 bits per heavy atom. The van der Waals surface area contributed by atoms with Crippen LogP contribution in [0.25, 0.3) is 10.9 Å². The van der Waals surface area contributed by atoms with Gasteiger partial charge in [-0.2, -0.15) is 0 Å². The molecule has 0 fully saturated rings. The van der Waals surface area contributed by atoms with Crippen LogP contribution in [0.5, 0.6) is 0 Å². The van der Waals surface area contributed by atoms with Gasteiger partial charge < -0.3 is 29.5 Å². The van der Waals surface area contributed by atoms with E-state index in [1.807, 2.05) is 36.4 Å². The Labute approximate surface area is 288 Å². The molecule has 48 heavy (non-hydrogen) atoms. The zero-order chi connectivity index (χ0) is 35.1. The van der Waals surface area contributed by atoms with Gasteiger partial charge in [-0.25, -0.2) is 4.79 Å². The van der Waals surface area contributed by atoms with Crippen LogP contribution in [-0.2, 0) is 18.7 Å². The molecule has 1 aromatic heterocycles. The summed E-state index contributed by atoms with van der Waals surface area (Å²) in [5.41, 5.74) is 0.203. The Hall–Kier alpha value is -4.12. The number of alkyl carbamates (subject to hydrolysis) is 1. The van der Waals surface area contributed by atoms with E-state index >= 15 is 0 Å². The van der Waals surface area contributed by atoms with E-state index in [2.05, 4.69) is 60.7 Å². The zero-order valence-corrected chi connectivity index (χ0v) is 30.4. The van der Waals surface area contributed by atoms with E-state index in [-0.39, 0.29) is 30.4 Å². The van der Waals surface area contributed by atoms with Crippen molar-refractivity contribution < 1.29 is 28.3 Å². The molecule has 9 nitrogen and oxygen atoms in total. The maximum Gasteiger partial charge on any atom is 0.408 e. The quantitative estimate of drug-likeness (QED) is 0.118. The van der Waals surface area contributed by atoms with E-state index in [1.165, 1.54) is 0 Å². The molecule has 2 atom stereocenters. The average Bonchev–Trinajstić information content (AvgIpc) is 3.43. The number of aromatic nitrogens is 1. The molecular weight excluding hydrogens is 646 g/mol. The number of fused-ring (bicyclic) bond motifs is 1. The molecule has 256 valence electrons. The predicted octanol–water partition coefficient (Wildman–Crippen LogP) is 6.34. The minimum Gasteiger partial charge on any atom is -0.466 e. The summed E-state index contributed by atoms with van der Waals surface area (Å²) in [6, 6.07) is 25.3. The highest BCUT2D eigenvalue weighted by Crippen LogP contribution is 2.37. The maximum atomic E-state index is 13.8. The van der Waals surface area contributed by atoms with Gasteiger partial charge in [-0.3, -0.25) is 9.59 Å². The summed E-state index contributed by atoms with van der Waals surface area (Å²) < 4.78 is 18.1. The Balaban J connectivity index is 1.77. The minimum absolute atomic E-state index is 0.0425. The molecule has 11 heteroatoms. The summed E-state index contributed by atoms with van der Waals surface area (Å²) in [5, 5.41) is 8.93. The number of nitrogens with one attached hydrogen (secondary N) is 3. The molecule has 0 aliphatic rings. The Morgan fingerprint density at radius 2 is 1.44 bits per heavy atom. The van der Waals surface area contributed by atoms with Crippen LogP contribution in [0, 0.1) is 0 Å². The lowest BCUT2D eigenvalue weighted by Crippen LogP contribution is -2.68. The second-order valence-electron chi connectivity index (χ2n) is 13.7. The van der Waals surface area contributed by atoms with Gasteiger partial charge in [0.25, 0.3) is 14.2 Å². The normalized spacial score (nSPS) is 13.4. The molecule has 0 bridgehead atoms. The summed E-state index contributed by atoms with van der Waals surface area (Å²) in [6.45, 7) is 13.6. The van der Waals surface area contributed by atoms with Gasteiger partial charge in [-0.15, -0.1) is 0 Å². The highest BCUT2D eigenvalue weighted by molar-refractivity contribution is 6.99. The Bertz CT molecular complexity index is 1660. The maximum absolute atomic E-state index is 13.8. The second-order valence-corrected chi connectivity index (χ2v) is 18.5. The number of hydrogen-bond donors (Lipinski definition) is 3. The number of ether oxygens (including phenoxy) is 2. The summed E-state index contributed by atoms with van der Waals surface area (Å²) in [4.78, 5) is 43.2. The third-order valence-electron chi connectivity index (χ3n) is 7.92. The van der Waals surface area contributed by atoms with Crippen molar-refractivity contribution in [2.75, 3.05) is 13.2 Å². The number of halogens is 1. The molecule has 0 radical (unpaired) electrons. The lowest BCUT2D eigenvalue weighted by molar-refractivity contribution is -0.143. The van der Waals surface area contributed by atoms with Crippen LogP contribution in [0.1, 0.15) is 65.4 Å². The van der Waals surface area contributed by atoms with Gasteiger partial charge in [0.05, 0.1) is 31.7 Å². The summed E-state index contributed by atoms with van der Waals surface area (Å²) in [6.07, 6.45) is -0.933. The fourth-order valence-corrected chi connectivity index (χ4v) is 10.6. The predicted molar refractivity (Wildman–Crippen MR) is 193 cm³/mol. The van der Waals surface area contributed by atoms with Crippen molar-refractivity contribution in [3.8, 4) is 0 Å². The number of carbonyl (C=O) groups excluding carboxylic acids is 3. The lowest BCUT2D eigenvalue weighted by Gasteiger charge is -2.44. The molecule has 0 aliphatic heterocycles. The van der Waals surface area contributed by atoms with Crippen LogP contribution in [0.4, 0.5) is 4.79 Å². The molecule has 2 amide bonds. The molecule has 0 aliphatic carbocycles. The van der Waals surface area contributed by atoms with Gasteiger partial charge in [-0.1, -0.05) is 93.0 Å². The lowest BCUT2D eigenvalue weighted by atomic mass is 10.1. The molecule has 0 spiro atoms. The van der Waals surface area contributed by atoms with Gasteiger partial charge in [-0.05, 0) is 67.4 Å². The molecule has 4 rings (SSSR count). The average molecular weight is 692 g/mol. The number of H-pyrrole nitrogens is 1. The van der Waals surface area contributed by atoms with E-state index < -0.39 is 44.0 Å². The van der Waals surface area contributed by atoms with Crippen LogP contribution in [0.15, 0.2) is 84.9 Å². The molecule has 1 heterocycles. The smallest absolute Gasteiger partial charge is 0.408 e. The molecule has 1 unspecified atom stereocenters. The van der Waals surface area contributed by atoms with Gasteiger partial charge in [0.15, 0.2) is 0 Å². The van der Waals surface area contributed by atoms with Crippen LogP contribution in [-0.4, -0.2) is 62.2 Å². The number of carbonyl (C=O) groups is 3. The number of rotatable bonds is 12. The van der Waals surface area contributed by atoms with Crippen LogP contribution >= 0.6 is 11.6 Å². The van der Waals surface area contributed by atoms with Gasteiger partial charge >= 0.3 is 12.1 Å². The van der Waals surface area contributed by atoms with Crippen LogP contribution in [0.2, 0.25) is 10.1 Å². The Morgan fingerprint density at radius 1 is 0.833 bits per heavy atom. The van der Waals surface area contributed by atoms with Crippen LogP contribution < -0.4 is 21.0 Å². The highest BCUT2D eigenvalue weighted by atomic mass is 35.5. The van der Waals surface area contributed by atoms with E-state index in [4.69, 9.17) is 25.5 Å². The second kappa shape index (κ2) is 15.4. The van der Waals surface area contributed by atoms with Gasteiger partial charge in [0.2, 0.25) is 0 Å². The van der Waals surface area contributed by atoms with Crippen molar-refractivity contribution in [1.82, 2.24) is 15.6 Å². The number of amides is 2. The third kappa shape index (κ3) is 9.06. The third-order valence-corrected chi connectivity index (χ3v) is 13.2. The monoisotopic (exact) mass is 691 g/mol. The summed E-state index contributed by atoms with van der Waals surface area (Å²) in [7, 11) is -3.08. The first kappa shape index (κ1) is 36.7. The summed E-state index contributed by atoms with van der Waals surface area (Å²) in [5.74, 6) is -1.01. The van der Waals surface area contributed by atoms with Crippen LogP contribution in [0.3, 0.4) is 0 Å². The minimum atomic E-state index is -3.08. The Kier molecular flexibility index (Phi) is 11.8. The molecule has 4 aromatic rings. The number of benzene rings is 3. The molecule has 3 N–H and O–H groups in total. The number of hydrogen-bond acceptors (Lipinski definition) is 6. The van der Waals surface area contributed by atoms with Crippen molar-refractivity contribution in [3.63, 3.8) is 0 Å². The molecule has 3 aromatic carbocycles. The first-order chi connectivity index (χ1) is 22.6. The zero-order valence-electron chi connectivity index (χ0n) is 28.7. The SMILES string of the molecule is CCOC(=O)C[C@@H](NC(=O)c1cc2cc(Cl)ccc2[nH]1)C(CO[Si](c1ccccc1)(c1ccccc1)C(C)(C)C)NC(=O)OC(C)(C)C. The summed E-state index contributed by atoms with van der Waals surface area (Å²) >= 11 is 6.18. The fraction of sp³-hybridized carbons (Fsp3) is 0.378. The standard InChI is InChI=1S/C37H46ClN3O6Si/c1-8-45-33(42)23-30(40-34(43)31-22-25-21-26(38)19-20-29(25)39-31)32(41-35(44)47-36(2,3)4)24-46-48(37(5,6)7,27-15-11-9-12-16-27)28-17-13-10-14-18-28/h9-22,30,32,39H,8,23-24H2,1-7H3,(H,40,43)(H,41,44)/t30-,32?/m1/s1.